The Morgan fingerprint density at radius 1 is 1.43 bits per heavy atom. The quantitative estimate of drug-likeness (QED) is 0.432. The van der Waals surface area contributed by atoms with Crippen molar-refractivity contribution < 1.29 is 14.3 Å². The van der Waals surface area contributed by atoms with Crippen LogP contribution in [-0.4, -0.2) is 33.3 Å². The van der Waals surface area contributed by atoms with E-state index in [1.54, 1.807) is 20.3 Å². The van der Waals surface area contributed by atoms with Gasteiger partial charge in [0.05, 0.1) is 7.11 Å². The van der Waals surface area contributed by atoms with E-state index in [2.05, 4.69) is 10.6 Å². The first kappa shape index (κ1) is 16.5. The number of amides is 1. The molecule has 0 saturated carbocycles. The SMILES string of the molecule is COCCCNC(=O)/C(C#N)=C\Nc1cccc(OC)c1. The monoisotopic (exact) mass is 289 g/mol. The largest absolute Gasteiger partial charge is 0.497 e. The molecule has 0 aliphatic rings. The van der Waals surface area contributed by atoms with Gasteiger partial charge in [0.25, 0.3) is 5.91 Å². The number of nitrogens with one attached hydrogen (secondary N) is 2. The maximum absolute atomic E-state index is 11.8. The summed E-state index contributed by atoms with van der Waals surface area (Å²) < 4.78 is 9.98. The molecule has 1 aromatic carbocycles. The molecule has 0 unspecified atom stereocenters. The maximum atomic E-state index is 11.8. The molecule has 0 atom stereocenters. The fourth-order valence-corrected chi connectivity index (χ4v) is 1.53. The topological polar surface area (TPSA) is 83.4 Å². The summed E-state index contributed by atoms with van der Waals surface area (Å²) in [7, 11) is 3.17. The fraction of sp³-hybridized carbons (Fsp3) is 0.333. The van der Waals surface area contributed by atoms with Crippen LogP contribution in [-0.2, 0) is 9.53 Å². The summed E-state index contributed by atoms with van der Waals surface area (Å²) in [4.78, 5) is 11.8. The van der Waals surface area contributed by atoms with Gasteiger partial charge in [-0.15, -0.1) is 0 Å². The fourth-order valence-electron chi connectivity index (χ4n) is 1.53. The molecule has 2 N–H and O–H groups in total. The number of anilines is 1. The standard InChI is InChI=1S/C15H19N3O3/c1-20-8-4-7-17-15(19)12(10-16)11-18-13-5-3-6-14(9-13)21-2/h3,5-6,9,11,18H,4,7-8H2,1-2H3,(H,17,19)/b12-11-. The second kappa shape index (κ2) is 9.39. The summed E-state index contributed by atoms with van der Waals surface area (Å²) in [6.45, 7) is 1.03. The molecule has 6 nitrogen and oxygen atoms in total. The minimum Gasteiger partial charge on any atom is -0.497 e. The molecule has 0 aromatic heterocycles. The van der Waals surface area contributed by atoms with E-state index in [1.165, 1.54) is 6.20 Å². The maximum Gasteiger partial charge on any atom is 0.263 e. The molecular formula is C15H19N3O3. The lowest BCUT2D eigenvalue weighted by molar-refractivity contribution is -0.117. The van der Waals surface area contributed by atoms with E-state index < -0.39 is 5.91 Å². The zero-order valence-corrected chi connectivity index (χ0v) is 12.2. The van der Waals surface area contributed by atoms with Crippen molar-refractivity contribution in [2.45, 2.75) is 6.42 Å². The molecule has 21 heavy (non-hydrogen) atoms. The van der Waals surface area contributed by atoms with Gasteiger partial charge in [0.1, 0.15) is 17.4 Å². The number of nitrogens with zero attached hydrogens (tertiary/aromatic N) is 1. The number of hydrogen-bond acceptors (Lipinski definition) is 5. The second-order valence-corrected chi connectivity index (χ2v) is 4.15. The van der Waals surface area contributed by atoms with Crippen molar-refractivity contribution in [2.75, 3.05) is 32.7 Å². The Labute approximate surface area is 124 Å². The van der Waals surface area contributed by atoms with Gasteiger partial charge in [0, 0.05) is 38.2 Å². The molecule has 1 amide bonds. The zero-order chi connectivity index (χ0) is 15.5. The van der Waals surface area contributed by atoms with Gasteiger partial charge in [-0.05, 0) is 18.6 Å². The van der Waals surface area contributed by atoms with Crippen molar-refractivity contribution in [2.24, 2.45) is 0 Å². The lowest BCUT2D eigenvalue weighted by Crippen LogP contribution is -2.26. The van der Waals surface area contributed by atoms with Crippen molar-refractivity contribution in [3.05, 3.63) is 36.0 Å². The summed E-state index contributed by atoms with van der Waals surface area (Å²) in [6, 6.07) is 9.06. The van der Waals surface area contributed by atoms with E-state index >= 15 is 0 Å². The molecule has 0 bridgehead atoms. The summed E-state index contributed by atoms with van der Waals surface area (Å²) in [5, 5.41) is 14.6. The predicted molar refractivity (Wildman–Crippen MR) is 79.8 cm³/mol. The van der Waals surface area contributed by atoms with Gasteiger partial charge < -0.3 is 20.1 Å². The number of nitriles is 1. The molecule has 6 heteroatoms. The van der Waals surface area contributed by atoms with E-state index in [0.717, 1.165) is 5.69 Å². The lowest BCUT2D eigenvalue weighted by atomic mass is 10.2. The smallest absolute Gasteiger partial charge is 0.263 e. The molecule has 0 fully saturated rings. The Kier molecular flexibility index (Phi) is 7.40. The van der Waals surface area contributed by atoms with Crippen molar-refractivity contribution in [1.29, 1.82) is 5.26 Å². The Morgan fingerprint density at radius 3 is 2.90 bits per heavy atom. The van der Waals surface area contributed by atoms with Crippen LogP contribution in [0.3, 0.4) is 0 Å². The molecule has 0 heterocycles. The molecule has 0 radical (unpaired) electrons. The Balaban J connectivity index is 2.58. The highest BCUT2D eigenvalue weighted by molar-refractivity contribution is 5.97. The van der Waals surface area contributed by atoms with Gasteiger partial charge in [-0.2, -0.15) is 5.26 Å². The van der Waals surface area contributed by atoms with Crippen LogP contribution in [0.25, 0.3) is 0 Å². The molecule has 0 aliphatic carbocycles. The number of hydrogen-bond donors (Lipinski definition) is 2. The summed E-state index contributed by atoms with van der Waals surface area (Å²) in [5.41, 5.74) is 0.740. The summed E-state index contributed by atoms with van der Waals surface area (Å²) in [5.74, 6) is 0.278. The van der Waals surface area contributed by atoms with E-state index in [9.17, 15) is 4.79 Å². The van der Waals surface area contributed by atoms with Gasteiger partial charge in [0.2, 0.25) is 0 Å². The van der Waals surface area contributed by atoms with Crippen LogP contribution >= 0.6 is 0 Å². The number of ether oxygens (including phenoxy) is 2. The van der Waals surface area contributed by atoms with E-state index in [-0.39, 0.29) is 5.57 Å². The van der Waals surface area contributed by atoms with Crippen LogP contribution in [0.5, 0.6) is 5.75 Å². The van der Waals surface area contributed by atoms with Crippen LogP contribution in [0.4, 0.5) is 5.69 Å². The number of rotatable bonds is 8. The Hall–Kier alpha value is -2.52. The lowest BCUT2D eigenvalue weighted by Gasteiger charge is -2.06. The van der Waals surface area contributed by atoms with Crippen LogP contribution in [0.15, 0.2) is 36.0 Å². The highest BCUT2D eigenvalue weighted by atomic mass is 16.5. The third kappa shape index (κ3) is 5.97. The molecule has 0 spiro atoms. The second-order valence-electron chi connectivity index (χ2n) is 4.15. The van der Waals surface area contributed by atoms with Gasteiger partial charge in [-0.25, -0.2) is 0 Å². The van der Waals surface area contributed by atoms with Gasteiger partial charge in [0.15, 0.2) is 0 Å². The van der Waals surface area contributed by atoms with Crippen LogP contribution in [0.1, 0.15) is 6.42 Å². The minimum atomic E-state index is -0.413. The molecule has 112 valence electrons. The van der Waals surface area contributed by atoms with Gasteiger partial charge in [-0.1, -0.05) is 6.07 Å². The zero-order valence-electron chi connectivity index (χ0n) is 12.2. The number of carbonyl (C=O) groups excluding carboxylic acids is 1. The first-order valence-electron chi connectivity index (χ1n) is 6.49. The first-order chi connectivity index (χ1) is 10.2. The first-order valence-corrected chi connectivity index (χ1v) is 6.49. The third-order valence-corrected chi connectivity index (χ3v) is 2.63. The van der Waals surface area contributed by atoms with Crippen molar-refractivity contribution >= 4 is 11.6 Å². The van der Waals surface area contributed by atoms with E-state index in [0.29, 0.717) is 25.3 Å². The van der Waals surface area contributed by atoms with Crippen LogP contribution in [0, 0.1) is 11.3 Å². The highest BCUT2D eigenvalue weighted by Crippen LogP contribution is 2.16. The van der Waals surface area contributed by atoms with E-state index in [1.807, 2.05) is 24.3 Å². The molecule has 0 aliphatic heterocycles. The molecule has 1 rings (SSSR count). The highest BCUT2D eigenvalue weighted by Gasteiger charge is 2.07. The minimum absolute atomic E-state index is 0.00948. The van der Waals surface area contributed by atoms with Crippen molar-refractivity contribution in [3.63, 3.8) is 0 Å². The summed E-state index contributed by atoms with van der Waals surface area (Å²) >= 11 is 0. The Morgan fingerprint density at radius 2 is 2.24 bits per heavy atom. The van der Waals surface area contributed by atoms with Crippen molar-refractivity contribution in [1.82, 2.24) is 5.32 Å². The van der Waals surface area contributed by atoms with Gasteiger partial charge in [-0.3, -0.25) is 4.79 Å². The van der Waals surface area contributed by atoms with Crippen LogP contribution < -0.4 is 15.4 Å². The van der Waals surface area contributed by atoms with Gasteiger partial charge >= 0.3 is 0 Å². The summed E-state index contributed by atoms with van der Waals surface area (Å²) in [6.07, 6.45) is 2.07. The predicted octanol–water partition coefficient (Wildman–Crippen LogP) is 1.67. The Bertz CT molecular complexity index is 535. The van der Waals surface area contributed by atoms with E-state index in [4.69, 9.17) is 14.7 Å². The van der Waals surface area contributed by atoms with Crippen molar-refractivity contribution in [3.8, 4) is 11.8 Å². The average Bonchev–Trinajstić information content (AvgIpc) is 2.52. The van der Waals surface area contributed by atoms with Crippen LogP contribution in [0.2, 0.25) is 0 Å². The number of carbonyl (C=O) groups is 1. The number of methoxy groups -OCH3 is 2. The number of benzene rings is 1. The molecular weight excluding hydrogens is 270 g/mol. The average molecular weight is 289 g/mol. The molecule has 1 aromatic rings. The normalized spacial score (nSPS) is 10.6. The molecule has 0 saturated heterocycles. The third-order valence-electron chi connectivity index (χ3n) is 2.63.